The third-order valence-electron chi connectivity index (χ3n) is 3.78. The topological polar surface area (TPSA) is 66.8 Å². The van der Waals surface area contributed by atoms with Crippen molar-refractivity contribution in [3.63, 3.8) is 0 Å². The van der Waals surface area contributed by atoms with E-state index >= 15 is 0 Å². The summed E-state index contributed by atoms with van der Waals surface area (Å²) >= 11 is 0. The van der Waals surface area contributed by atoms with Gasteiger partial charge in [-0.05, 0) is 32.1 Å². The third-order valence-corrected chi connectivity index (χ3v) is 3.78. The van der Waals surface area contributed by atoms with E-state index < -0.39 is 5.97 Å². The first-order valence-corrected chi connectivity index (χ1v) is 6.79. The van der Waals surface area contributed by atoms with E-state index in [-0.39, 0.29) is 24.5 Å². The third kappa shape index (κ3) is 3.45. The van der Waals surface area contributed by atoms with Crippen LogP contribution in [-0.2, 0) is 14.3 Å². The SMILES string of the molecule is O=C(O)CC1CCCCN1C(=O)CC1CCCO1. The van der Waals surface area contributed by atoms with Gasteiger partial charge in [0, 0.05) is 19.2 Å². The van der Waals surface area contributed by atoms with Crippen LogP contribution in [0.1, 0.15) is 44.9 Å². The number of likely N-dealkylation sites (tertiary alicyclic amines) is 1. The van der Waals surface area contributed by atoms with E-state index in [9.17, 15) is 9.59 Å². The van der Waals surface area contributed by atoms with Gasteiger partial charge in [-0.15, -0.1) is 0 Å². The Balaban J connectivity index is 1.90. The maximum atomic E-state index is 12.2. The quantitative estimate of drug-likeness (QED) is 0.824. The molecule has 102 valence electrons. The summed E-state index contributed by atoms with van der Waals surface area (Å²) in [7, 11) is 0. The number of hydrogen-bond acceptors (Lipinski definition) is 3. The number of carbonyl (C=O) groups is 2. The van der Waals surface area contributed by atoms with Crippen LogP contribution in [0.3, 0.4) is 0 Å². The Morgan fingerprint density at radius 2 is 2.00 bits per heavy atom. The van der Waals surface area contributed by atoms with Crippen molar-refractivity contribution in [2.45, 2.75) is 57.1 Å². The molecule has 0 bridgehead atoms. The first-order chi connectivity index (χ1) is 8.66. The summed E-state index contributed by atoms with van der Waals surface area (Å²) in [6.07, 6.45) is 5.30. The summed E-state index contributed by atoms with van der Waals surface area (Å²) in [5.74, 6) is -0.760. The van der Waals surface area contributed by atoms with Gasteiger partial charge in [0.1, 0.15) is 0 Å². The largest absolute Gasteiger partial charge is 0.481 e. The molecule has 2 unspecified atom stereocenters. The van der Waals surface area contributed by atoms with Gasteiger partial charge in [-0.25, -0.2) is 0 Å². The fraction of sp³-hybridized carbons (Fsp3) is 0.846. The zero-order chi connectivity index (χ0) is 13.0. The fourth-order valence-corrected chi connectivity index (χ4v) is 2.86. The second-order valence-electron chi connectivity index (χ2n) is 5.17. The molecule has 2 atom stereocenters. The van der Waals surface area contributed by atoms with Crippen molar-refractivity contribution in [1.29, 1.82) is 0 Å². The van der Waals surface area contributed by atoms with Crippen LogP contribution in [0.2, 0.25) is 0 Å². The molecule has 2 rings (SSSR count). The van der Waals surface area contributed by atoms with E-state index in [1.807, 2.05) is 0 Å². The highest BCUT2D eigenvalue weighted by Gasteiger charge is 2.30. The van der Waals surface area contributed by atoms with Gasteiger partial charge in [0.25, 0.3) is 0 Å². The highest BCUT2D eigenvalue weighted by Crippen LogP contribution is 2.23. The first kappa shape index (κ1) is 13.3. The van der Waals surface area contributed by atoms with Crippen LogP contribution < -0.4 is 0 Å². The molecule has 1 N–H and O–H groups in total. The first-order valence-electron chi connectivity index (χ1n) is 6.79. The van der Waals surface area contributed by atoms with E-state index in [2.05, 4.69) is 0 Å². The molecule has 0 aromatic heterocycles. The van der Waals surface area contributed by atoms with Gasteiger partial charge in [0.05, 0.1) is 18.9 Å². The van der Waals surface area contributed by atoms with Gasteiger partial charge in [-0.2, -0.15) is 0 Å². The van der Waals surface area contributed by atoms with Gasteiger partial charge in [0.15, 0.2) is 0 Å². The smallest absolute Gasteiger partial charge is 0.305 e. The van der Waals surface area contributed by atoms with Crippen molar-refractivity contribution >= 4 is 11.9 Å². The Morgan fingerprint density at radius 3 is 2.67 bits per heavy atom. The number of ether oxygens (including phenoxy) is 1. The van der Waals surface area contributed by atoms with Crippen LogP contribution in [0.4, 0.5) is 0 Å². The molecule has 5 heteroatoms. The summed E-state index contributed by atoms with van der Waals surface area (Å²) in [5, 5.41) is 8.89. The van der Waals surface area contributed by atoms with Crippen LogP contribution in [0.5, 0.6) is 0 Å². The van der Waals surface area contributed by atoms with E-state index in [4.69, 9.17) is 9.84 Å². The van der Waals surface area contributed by atoms with Gasteiger partial charge >= 0.3 is 5.97 Å². The second kappa shape index (κ2) is 6.18. The summed E-state index contributed by atoms with van der Waals surface area (Å²) in [5.41, 5.74) is 0. The highest BCUT2D eigenvalue weighted by molar-refractivity contribution is 5.78. The predicted molar refractivity (Wildman–Crippen MR) is 65.2 cm³/mol. The Morgan fingerprint density at radius 1 is 1.17 bits per heavy atom. The molecule has 0 aromatic rings. The number of amides is 1. The van der Waals surface area contributed by atoms with Crippen molar-refractivity contribution in [3.05, 3.63) is 0 Å². The molecule has 18 heavy (non-hydrogen) atoms. The Labute approximate surface area is 107 Å². The normalized spacial score (nSPS) is 28.3. The molecule has 0 radical (unpaired) electrons. The van der Waals surface area contributed by atoms with Crippen molar-refractivity contribution in [2.75, 3.05) is 13.2 Å². The van der Waals surface area contributed by atoms with Crippen LogP contribution in [0.25, 0.3) is 0 Å². The number of hydrogen-bond donors (Lipinski definition) is 1. The average molecular weight is 255 g/mol. The van der Waals surface area contributed by atoms with Crippen LogP contribution in [0, 0.1) is 0 Å². The Bertz CT molecular complexity index is 312. The predicted octanol–water partition coefficient (Wildman–Crippen LogP) is 1.41. The van der Waals surface area contributed by atoms with E-state index in [0.717, 1.165) is 38.7 Å². The maximum Gasteiger partial charge on any atom is 0.305 e. The Kier molecular flexibility index (Phi) is 4.58. The molecule has 2 fully saturated rings. The van der Waals surface area contributed by atoms with Crippen LogP contribution >= 0.6 is 0 Å². The minimum absolute atomic E-state index is 0.0462. The van der Waals surface area contributed by atoms with Crippen LogP contribution in [0.15, 0.2) is 0 Å². The van der Waals surface area contributed by atoms with Crippen molar-refractivity contribution < 1.29 is 19.4 Å². The number of aliphatic carboxylic acids is 1. The molecule has 0 aliphatic carbocycles. The summed E-state index contributed by atoms with van der Waals surface area (Å²) < 4.78 is 5.47. The molecule has 5 nitrogen and oxygen atoms in total. The highest BCUT2D eigenvalue weighted by atomic mass is 16.5. The van der Waals surface area contributed by atoms with E-state index in [1.54, 1.807) is 4.90 Å². The molecular formula is C13H21NO4. The van der Waals surface area contributed by atoms with E-state index in [0.29, 0.717) is 13.0 Å². The van der Waals surface area contributed by atoms with Crippen molar-refractivity contribution in [1.82, 2.24) is 4.90 Å². The molecule has 2 aliphatic rings. The summed E-state index contributed by atoms with van der Waals surface area (Å²) in [6, 6.07) is -0.120. The minimum Gasteiger partial charge on any atom is -0.481 e. The minimum atomic E-state index is -0.822. The lowest BCUT2D eigenvalue weighted by molar-refractivity contribution is -0.142. The molecule has 0 saturated carbocycles. The number of carbonyl (C=O) groups excluding carboxylic acids is 1. The average Bonchev–Trinajstić information content (AvgIpc) is 2.81. The number of rotatable bonds is 4. The standard InChI is InChI=1S/C13H21NO4/c15-12(9-11-5-3-7-18-11)14-6-2-1-4-10(14)8-13(16)17/h10-11H,1-9H2,(H,16,17). The molecule has 1 amide bonds. The zero-order valence-electron chi connectivity index (χ0n) is 10.6. The Hall–Kier alpha value is -1.10. The number of carboxylic acid groups (broad SMARTS) is 1. The van der Waals surface area contributed by atoms with Gasteiger partial charge in [0.2, 0.25) is 5.91 Å². The monoisotopic (exact) mass is 255 g/mol. The lowest BCUT2D eigenvalue weighted by atomic mass is 9.98. The molecule has 0 spiro atoms. The molecular weight excluding hydrogens is 234 g/mol. The molecule has 2 aliphatic heterocycles. The number of piperidine rings is 1. The fourth-order valence-electron chi connectivity index (χ4n) is 2.86. The van der Waals surface area contributed by atoms with Gasteiger partial charge < -0.3 is 14.7 Å². The summed E-state index contributed by atoms with van der Waals surface area (Å²) in [6.45, 7) is 1.44. The lowest BCUT2D eigenvalue weighted by Gasteiger charge is -2.35. The number of carboxylic acids is 1. The number of nitrogens with zero attached hydrogens (tertiary/aromatic N) is 1. The van der Waals surface area contributed by atoms with Gasteiger partial charge in [-0.1, -0.05) is 0 Å². The van der Waals surface area contributed by atoms with Crippen molar-refractivity contribution in [3.8, 4) is 0 Å². The van der Waals surface area contributed by atoms with Crippen LogP contribution in [-0.4, -0.2) is 47.2 Å². The molecule has 2 saturated heterocycles. The maximum absolute atomic E-state index is 12.2. The zero-order valence-corrected chi connectivity index (χ0v) is 10.6. The van der Waals surface area contributed by atoms with Crippen molar-refractivity contribution in [2.24, 2.45) is 0 Å². The lowest BCUT2D eigenvalue weighted by Crippen LogP contribution is -2.45. The molecule has 0 aromatic carbocycles. The molecule has 2 heterocycles. The van der Waals surface area contributed by atoms with E-state index in [1.165, 1.54) is 0 Å². The second-order valence-corrected chi connectivity index (χ2v) is 5.17. The van der Waals surface area contributed by atoms with Gasteiger partial charge in [-0.3, -0.25) is 9.59 Å². The summed E-state index contributed by atoms with van der Waals surface area (Å²) in [4.78, 5) is 24.8.